The molecule has 0 saturated carbocycles. The van der Waals surface area contributed by atoms with Crippen LogP contribution in [-0.4, -0.2) is 17.8 Å². The van der Waals surface area contributed by atoms with Gasteiger partial charge in [-0.25, -0.2) is 4.79 Å². The van der Waals surface area contributed by atoms with E-state index >= 15 is 0 Å². The van der Waals surface area contributed by atoms with E-state index in [-0.39, 0.29) is 18.4 Å². The Bertz CT molecular complexity index is 273. The average Bonchev–Trinajstić information content (AvgIpc) is 2.10. The fourth-order valence-corrected chi connectivity index (χ4v) is 0.478. The van der Waals surface area contributed by atoms with Gasteiger partial charge in [0.15, 0.2) is 0 Å². The Balaban J connectivity index is 3.69. The smallest absolute Gasteiger partial charge is 0.358 e. The highest BCUT2D eigenvalue weighted by Crippen LogP contribution is 1.91. The quantitative estimate of drug-likeness (QED) is 0.467. The first kappa shape index (κ1) is 12.2. The Kier molecular flexibility index (Phi) is 4.98. The lowest BCUT2D eigenvalue weighted by Gasteiger charge is -2.03. The Labute approximate surface area is 81.0 Å². The van der Waals surface area contributed by atoms with Gasteiger partial charge < -0.3 is 10.6 Å². The molecule has 0 aliphatic carbocycles. The largest absolute Gasteiger partial charge is 0.370 e. The minimum Gasteiger partial charge on any atom is -0.370 e. The van der Waals surface area contributed by atoms with E-state index < -0.39 is 17.8 Å². The van der Waals surface area contributed by atoms with Crippen LogP contribution in [0.3, 0.4) is 0 Å². The maximum absolute atomic E-state index is 10.8. The third-order valence-corrected chi connectivity index (χ3v) is 1.20. The van der Waals surface area contributed by atoms with Crippen LogP contribution in [0.15, 0.2) is 12.2 Å². The molecule has 0 unspecified atom stereocenters. The molecule has 0 saturated heterocycles. The van der Waals surface area contributed by atoms with E-state index in [1.165, 1.54) is 6.92 Å². The predicted molar refractivity (Wildman–Crippen MR) is 47.5 cm³/mol. The van der Waals surface area contributed by atoms with Crippen molar-refractivity contribution in [2.24, 2.45) is 5.73 Å². The van der Waals surface area contributed by atoms with E-state index in [0.717, 1.165) is 0 Å². The van der Waals surface area contributed by atoms with E-state index in [2.05, 4.69) is 11.4 Å². The van der Waals surface area contributed by atoms with Gasteiger partial charge >= 0.3 is 5.97 Å². The minimum absolute atomic E-state index is 0.0868. The SMILES string of the molecule is C=C(C)C(=O)ONC(=O)CCC(N)=O. The van der Waals surface area contributed by atoms with Crippen LogP contribution in [-0.2, 0) is 19.2 Å². The summed E-state index contributed by atoms with van der Waals surface area (Å²) in [6.07, 6.45) is -0.199. The van der Waals surface area contributed by atoms with Crippen LogP contribution in [0.2, 0.25) is 0 Å². The van der Waals surface area contributed by atoms with Crippen LogP contribution in [0.25, 0.3) is 0 Å². The molecule has 78 valence electrons. The molecule has 0 spiro atoms. The summed E-state index contributed by atoms with van der Waals surface area (Å²) in [4.78, 5) is 36.2. The first-order valence-electron chi connectivity index (χ1n) is 3.87. The number of hydroxylamine groups is 1. The fourth-order valence-electron chi connectivity index (χ4n) is 0.478. The van der Waals surface area contributed by atoms with Gasteiger partial charge in [-0.1, -0.05) is 6.58 Å². The van der Waals surface area contributed by atoms with Crippen molar-refractivity contribution in [1.82, 2.24) is 5.48 Å². The summed E-state index contributed by atoms with van der Waals surface area (Å²) >= 11 is 0. The number of amides is 2. The van der Waals surface area contributed by atoms with E-state index in [0.29, 0.717) is 0 Å². The zero-order chi connectivity index (χ0) is 11.1. The number of nitrogens with two attached hydrogens (primary N) is 1. The standard InChI is InChI=1S/C8H12N2O4/c1-5(2)8(13)14-10-7(12)4-3-6(9)11/h1,3-4H2,2H3,(H2,9,11)(H,10,12). The second-order valence-corrected chi connectivity index (χ2v) is 2.66. The lowest BCUT2D eigenvalue weighted by atomic mass is 10.3. The Hall–Kier alpha value is -1.85. The molecule has 6 heteroatoms. The molecular weight excluding hydrogens is 188 g/mol. The summed E-state index contributed by atoms with van der Waals surface area (Å²) in [5, 5.41) is 0. The molecule has 6 nitrogen and oxygen atoms in total. The second-order valence-electron chi connectivity index (χ2n) is 2.66. The minimum atomic E-state index is -0.725. The number of carbonyl (C=O) groups is 3. The van der Waals surface area contributed by atoms with Crippen LogP contribution in [0, 0.1) is 0 Å². The number of carbonyl (C=O) groups excluding carboxylic acids is 3. The summed E-state index contributed by atoms with van der Waals surface area (Å²) < 4.78 is 0. The molecule has 0 aliphatic rings. The Morgan fingerprint density at radius 1 is 1.36 bits per heavy atom. The monoisotopic (exact) mass is 200 g/mol. The maximum Gasteiger partial charge on any atom is 0.358 e. The summed E-state index contributed by atoms with van der Waals surface area (Å²) in [6.45, 7) is 4.75. The van der Waals surface area contributed by atoms with Crippen LogP contribution in [0.5, 0.6) is 0 Å². The summed E-state index contributed by atoms with van der Waals surface area (Å²) in [5.41, 5.74) is 6.83. The number of primary amides is 1. The van der Waals surface area contributed by atoms with Gasteiger partial charge in [-0.2, -0.15) is 5.48 Å². The first-order valence-corrected chi connectivity index (χ1v) is 3.87. The number of rotatable bonds is 4. The Morgan fingerprint density at radius 3 is 2.36 bits per heavy atom. The van der Waals surface area contributed by atoms with Crippen molar-refractivity contribution in [3.8, 4) is 0 Å². The van der Waals surface area contributed by atoms with E-state index in [1.54, 1.807) is 0 Å². The highest BCUT2D eigenvalue weighted by Gasteiger charge is 2.07. The fraction of sp³-hybridized carbons (Fsp3) is 0.375. The molecule has 0 heterocycles. The number of hydrogen-bond acceptors (Lipinski definition) is 4. The molecule has 0 aromatic carbocycles. The molecule has 0 aromatic rings. The molecule has 0 aliphatic heterocycles. The van der Waals surface area contributed by atoms with Gasteiger partial charge in [-0.3, -0.25) is 9.59 Å². The van der Waals surface area contributed by atoms with Crippen molar-refractivity contribution in [2.45, 2.75) is 19.8 Å². The maximum atomic E-state index is 10.8. The van der Waals surface area contributed by atoms with Gasteiger partial charge in [0.2, 0.25) is 5.91 Å². The van der Waals surface area contributed by atoms with Crippen molar-refractivity contribution in [3.63, 3.8) is 0 Å². The molecule has 0 bridgehead atoms. The molecule has 14 heavy (non-hydrogen) atoms. The third-order valence-electron chi connectivity index (χ3n) is 1.20. The van der Waals surface area contributed by atoms with E-state index in [9.17, 15) is 14.4 Å². The third kappa shape index (κ3) is 5.76. The summed E-state index contributed by atoms with van der Waals surface area (Å²) in [6, 6.07) is 0. The highest BCUT2D eigenvalue weighted by atomic mass is 16.7. The Morgan fingerprint density at radius 2 is 1.93 bits per heavy atom. The molecule has 0 atom stereocenters. The molecule has 0 radical (unpaired) electrons. The first-order chi connectivity index (χ1) is 6.43. The van der Waals surface area contributed by atoms with Gasteiger partial charge in [0.05, 0.1) is 0 Å². The van der Waals surface area contributed by atoms with Gasteiger partial charge in [-0.15, -0.1) is 0 Å². The van der Waals surface area contributed by atoms with Crippen LogP contribution in [0.4, 0.5) is 0 Å². The van der Waals surface area contributed by atoms with Crippen molar-refractivity contribution in [2.75, 3.05) is 0 Å². The van der Waals surface area contributed by atoms with Gasteiger partial charge in [0, 0.05) is 18.4 Å². The van der Waals surface area contributed by atoms with Gasteiger partial charge in [-0.05, 0) is 6.92 Å². The zero-order valence-electron chi connectivity index (χ0n) is 7.83. The lowest BCUT2D eigenvalue weighted by molar-refractivity contribution is -0.154. The molecule has 0 fully saturated rings. The number of nitrogens with one attached hydrogen (secondary N) is 1. The molecule has 2 amide bonds. The van der Waals surface area contributed by atoms with Crippen LogP contribution in [0.1, 0.15) is 19.8 Å². The summed E-state index contributed by atoms with van der Waals surface area (Å²) in [7, 11) is 0. The van der Waals surface area contributed by atoms with Crippen molar-refractivity contribution in [3.05, 3.63) is 12.2 Å². The van der Waals surface area contributed by atoms with Crippen molar-refractivity contribution < 1.29 is 19.2 Å². The van der Waals surface area contributed by atoms with E-state index in [4.69, 9.17) is 5.73 Å². The van der Waals surface area contributed by atoms with Gasteiger partial charge in [0.1, 0.15) is 0 Å². The normalized spacial score (nSPS) is 8.93. The predicted octanol–water partition coefficient (Wildman–Crippen LogP) is -0.598. The zero-order valence-corrected chi connectivity index (χ0v) is 7.83. The molecule has 0 aromatic heterocycles. The molecule has 3 N–H and O–H groups in total. The second kappa shape index (κ2) is 5.74. The molecular formula is C8H12N2O4. The van der Waals surface area contributed by atoms with E-state index in [1.807, 2.05) is 5.48 Å². The molecule has 0 rings (SSSR count). The number of hydrogen-bond donors (Lipinski definition) is 2. The average molecular weight is 200 g/mol. The van der Waals surface area contributed by atoms with Crippen molar-refractivity contribution >= 4 is 17.8 Å². The topological polar surface area (TPSA) is 98.5 Å². The van der Waals surface area contributed by atoms with Gasteiger partial charge in [0.25, 0.3) is 5.91 Å². The van der Waals surface area contributed by atoms with Crippen LogP contribution < -0.4 is 11.2 Å². The van der Waals surface area contributed by atoms with Crippen LogP contribution >= 0.6 is 0 Å². The summed E-state index contributed by atoms with van der Waals surface area (Å²) in [5.74, 6) is -1.90. The lowest BCUT2D eigenvalue weighted by Crippen LogP contribution is -2.28. The highest BCUT2D eigenvalue weighted by molar-refractivity contribution is 5.88. The van der Waals surface area contributed by atoms with Crippen molar-refractivity contribution in [1.29, 1.82) is 0 Å².